The van der Waals surface area contributed by atoms with Gasteiger partial charge in [-0.15, -0.1) is 28.1 Å². The first-order valence-electron chi connectivity index (χ1n) is 9.01. The molecule has 160 valence electrons. The van der Waals surface area contributed by atoms with Crippen molar-refractivity contribution >= 4 is 57.3 Å². The number of benzene rings is 1. The summed E-state index contributed by atoms with van der Waals surface area (Å²) in [5.41, 5.74) is 7.42. The Hall–Kier alpha value is -2.51. The van der Waals surface area contributed by atoms with Gasteiger partial charge in [0.15, 0.2) is 11.0 Å². The van der Waals surface area contributed by atoms with E-state index in [4.69, 9.17) is 33.7 Å². The molecule has 0 saturated carbocycles. The molecule has 0 fully saturated rings. The maximum absolute atomic E-state index is 12.3. The molecular weight excluding hydrogens is 477 g/mol. The molecule has 2 N–H and O–H groups in total. The number of nitrogens with zero attached hydrogens (tertiary/aromatic N) is 4. The van der Waals surface area contributed by atoms with Crippen LogP contribution < -0.4 is 5.73 Å². The van der Waals surface area contributed by atoms with E-state index in [0.717, 1.165) is 11.3 Å². The Bertz CT molecular complexity index is 1180. The second kappa shape index (κ2) is 10.2. The van der Waals surface area contributed by atoms with Gasteiger partial charge < -0.3 is 10.5 Å². The van der Waals surface area contributed by atoms with Crippen molar-refractivity contribution in [1.82, 2.24) is 14.8 Å². The highest BCUT2D eigenvalue weighted by atomic mass is 35.5. The van der Waals surface area contributed by atoms with E-state index in [0.29, 0.717) is 43.6 Å². The number of halogens is 2. The fourth-order valence-corrected chi connectivity index (χ4v) is 5.29. The molecule has 0 atom stereocenters. The van der Waals surface area contributed by atoms with Crippen molar-refractivity contribution in [1.29, 1.82) is 5.26 Å². The first kappa shape index (κ1) is 23.2. The molecule has 0 saturated heterocycles. The van der Waals surface area contributed by atoms with Crippen molar-refractivity contribution in [2.24, 2.45) is 0 Å². The minimum absolute atomic E-state index is 0.226. The molecule has 0 spiro atoms. The molecule has 2 aromatic heterocycles. The van der Waals surface area contributed by atoms with E-state index in [2.05, 4.69) is 22.8 Å². The number of thiophene rings is 1. The fraction of sp³-hybridized carbons (Fsp3) is 0.200. The van der Waals surface area contributed by atoms with Crippen molar-refractivity contribution in [3.8, 4) is 17.5 Å². The molecule has 31 heavy (non-hydrogen) atoms. The van der Waals surface area contributed by atoms with Crippen LogP contribution in [0.15, 0.2) is 36.0 Å². The summed E-state index contributed by atoms with van der Waals surface area (Å²) in [5.74, 6) is 0.339. The zero-order valence-electron chi connectivity index (χ0n) is 16.4. The minimum atomic E-state index is -0.502. The van der Waals surface area contributed by atoms with Crippen LogP contribution in [0.5, 0.6) is 0 Å². The average molecular weight is 494 g/mol. The molecule has 11 heteroatoms. The predicted octanol–water partition coefficient (Wildman–Crippen LogP) is 5.42. The Balaban J connectivity index is 1.96. The highest BCUT2D eigenvalue weighted by Gasteiger charge is 2.24. The predicted molar refractivity (Wildman–Crippen MR) is 125 cm³/mol. The average Bonchev–Trinajstić information content (AvgIpc) is 3.27. The van der Waals surface area contributed by atoms with Crippen LogP contribution in [-0.4, -0.2) is 27.3 Å². The molecule has 1 aromatic carbocycles. The van der Waals surface area contributed by atoms with Gasteiger partial charge in [0, 0.05) is 28.4 Å². The molecule has 0 aliphatic carbocycles. The van der Waals surface area contributed by atoms with Gasteiger partial charge in [0.1, 0.15) is 15.9 Å². The van der Waals surface area contributed by atoms with Gasteiger partial charge in [0.05, 0.1) is 17.2 Å². The standard InChI is InChI=1S/C20H17Cl2N5O2S2/c1-3-7-27-18(12-6-5-11(21)8-15(12)22)25-26-20(27)30-10-14-13(9-23)17(24)31-16(14)19(28)29-4-2/h3,5-6,8H,1,4,7,10,24H2,2H3. The summed E-state index contributed by atoms with van der Waals surface area (Å²) >= 11 is 14.7. The van der Waals surface area contributed by atoms with E-state index in [9.17, 15) is 10.1 Å². The number of nitrogens with two attached hydrogens (primary N) is 1. The van der Waals surface area contributed by atoms with E-state index in [1.807, 2.05) is 4.57 Å². The summed E-state index contributed by atoms with van der Waals surface area (Å²) in [7, 11) is 0. The summed E-state index contributed by atoms with van der Waals surface area (Å²) in [6.45, 7) is 6.18. The summed E-state index contributed by atoms with van der Waals surface area (Å²) in [6.07, 6.45) is 1.72. The molecule has 0 bridgehead atoms. The highest BCUT2D eigenvalue weighted by molar-refractivity contribution is 7.98. The van der Waals surface area contributed by atoms with Crippen LogP contribution in [0.1, 0.15) is 27.7 Å². The van der Waals surface area contributed by atoms with Gasteiger partial charge in [-0.2, -0.15) is 5.26 Å². The van der Waals surface area contributed by atoms with E-state index in [1.54, 1.807) is 31.2 Å². The van der Waals surface area contributed by atoms with Crippen molar-refractivity contribution in [3.63, 3.8) is 0 Å². The van der Waals surface area contributed by atoms with Crippen LogP contribution in [0, 0.1) is 11.3 Å². The lowest BCUT2D eigenvalue weighted by atomic mass is 10.2. The number of esters is 1. The highest BCUT2D eigenvalue weighted by Crippen LogP contribution is 2.37. The molecule has 3 aromatic rings. The molecule has 0 radical (unpaired) electrons. The third-order valence-electron chi connectivity index (χ3n) is 4.15. The Morgan fingerprint density at radius 2 is 2.23 bits per heavy atom. The summed E-state index contributed by atoms with van der Waals surface area (Å²) in [6, 6.07) is 7.21. The van der Waals surface area contributed by atoms with Crippen LogP contribution in [-0.2, 0) is 17.0 Å². The minimum Gasteiger partial charge on any atom is -0.462 e. The van der Waals surface area contributed by atoms with Gasteiger partial charge in [-0.05, 0) is 25.1 Å². The zero-order valence-corrected chi connectivity index (χ0v) is 19.5. The van der Waals surface area contributed by atoms with Crippen LogP contribution in [0.25, 0.3) is 11.4 Å². The quantitative estimate of drug-likeness (QED) is 0.253. The number of ether oxygens (including phenoxy) is 1. The number of thioether (sulfide) groups is 1. The van der Waals surface area contributed by atoms with Gasteiger partial charge >= 0.3 is 5.97 Å². The Morgan fingerprint density at radius 3 is 2.87 bits per heavy atom. The number of rotatable bonds is 8. The lowest BCUT2D eigenvalue weighted by Crippen LogP contribution is -2.06. The maximum Gasteiger partial charge on any atom is 0.348 e. The monoisotopic (exact) mass is 493 g/mol. The zero-order chi connectivity index (χ0) is 22.5. The summed E-state index contributed by atoms with van der Waals surface area (Å²) in [5, 5.41) is 19.9. The van der Waals surface area contributed by atoms with Crippen LogP contribution in [0.2, 0.25) is 10.0 Å². The van der Waals surface area contributed by atoms with E-state index >= 15 is 0 Å². The van der Waals surface area contributed by atoms with Gasteiger partial charge in [0.25, 0.3) is 0 Å². The molecular formula is C20H17Cl2N5O2S2. The van der Waals surface area contributed by atoms with E-state index in [1.165, 1.54) is 11.8 Å². The topological polar surface area (TPSA) is 107 Å². The summed E-state index contributed by atoms with van der Waals surface area (Å²) < 4.78 is 6.95. The maximum atomic E-state index is 12.3. The summed E-state index contributed by atoms with van der Waals surface area (Å²) in [4.78, 5) is 12.6. The lowest BCUT2D eigenvalue weighted by Gasteiger charge is -2.09. The van der Waals surface area contributed by atoms with Crippen LogP contribution in [0.3, 0.4) is 0 Å². The number of anilines is 1. The van der Waals surface area contributed by atoms with E-state index < -0.39 is 5.97 Å². The fourth-order valence-electron chi connectivity index (χ4n) is 2.80. The Kier molecular flexibility index (Phi) is 7.62. The normalized spacial score (nSPS) is 10.6. The first-order valence-corrected chi connectivity index (χ1v) is 11.6. The SMILES string of the molecule is C=CCn1c(SCc2c(C(=O)OCC)sc(N)c2C#N)nnc1-c1ccc(Cl)cc1Cl. The van der Waals surface area contributed by atoms with Crippen molar-refractivity contribution < 1.29 is 9.53 Å². The molecule has 0 aliphatic heterocycles. The smallest absolute Gasteiger partial charge is 0.348 e. The lowest BCUT2D eigenvalue weighted by molar-refractivity contribution is 0.0531. The largest absolute Gasteiger partial charge is 0.462 e. The number of nitrogen functional groups attached to an aromatic ring is 1. The third-order valence-corrected chi connectivity index (χ3v) is 6.74. The number of allylic oxidation sites excluding steroid dienone is 1. The molecule has 7 nitrogen and oxygen atoms in total. The Labute approximate surface area is 197 Å². The second-order valence-corrected chi connectivity index (χ2v) is 8.94. The third kappa shape index (κ3) is 4.88. The first-order chi connectivity index (χ1) is 14.9. The van der Waals surface area contributed by atoms with Gasteiger partial charge in [-0.1, -0.05) is 41.0 Å². The van der Waals surface area contributed by atoms with Crippen LogP contribution >= 0.6 is 46.3 Å². The van der Waals surface area contributed by atoms with Gasteiger partial charge in [-0.3, -0.25) is 4.57 Å². The van der Waals surface area contributed by atoms with E-state index in [-0.39, 0.29) is 22.9 Å². The number of hydrogen-bond donors (Lipinski definition) is 1. The van der Waals surface area contributed by atoms with Gasteiger partial charge in [-0.25, -0.2) is 4.79 Å². The number of hydrogen-bond acceptors (Lipinski definition) is 8. The molecule has 0 amide bonds. The number of carbonyl (C=O) groups excluding carboxylic acids is 1. The van der Waals surface area contributed by atoms with Crippen molar-refractivity contribution in [2.45, 2.75) is 24.4 Å². The molecule has 3 rings (SSSR count). The molecule has 0 unspecified atom stereocenters. The second-order valence-electron chi connectivity index (χ2n) is 6.10. The Morgan fingerprint density at radius 1 is 1.45 bits per heavy atom. The molecule has 0 aliphatic rings. The van der Waals surface area contributed by atoms with Crippen molar-refractivity contribution in [2.75, 3.05) is 12.3 Å². The van der Waals surface area contributed by atoms with Crippen LogP contribution in [0.4, 0.5) is 5.00 Å². The van der Waals surface area contributed by atoms with Gasteiger partial charge in [0.2, 0.25) is 0 Å². The number of carbonyl (C=O) groups is 1. The number of aromatic nitrogens is 3. The number of nitriles is 1. The molecule has 2 heterocycles. The van der Waals surface area contributed by atoms with Crippen molar-refractivity contribution in [3.05, 3.63) is 56.9 Å².